The van der Waals surface area contributed by atoms with Crippen LogP contribution in [0.1, 0.15) is 21.8 Å². The molecule has 1 unspecified atom stereocenters. The van der Waals surface area contributed by atoms with Gasteiger partial charge in [-0.1, -0.05) is 23.2 Å². The first kappa shape index (κ1) is 21.9. The van der Waals surface area contributed by atoms with Crippen LogP contribution in [0.25, 0.3) is 10.2 Å². The number of rotatable bonds is 7. The Balaban J connectivity index is 1.75. The Bertz CT molecular complexity index is 1060. The van der Waals surface area contributed by atoms with Gasteiger partial charge in [0.2, 0.25) is 5.91 Å². The Kier molecular flexibility index (Phi) is 7.40. The molecule has 0 aliphatic carbocycles. The summed E-state index contributed by atoms with van der Waals surface area (Å²) in [5, 5.41) is 7.33. The van der Waals surface area contributed by atoms with E-state index in [1.807, 2.05) is 31.4 Å². The zero-order chi connectivity index (χ0) is 21.0. The van der Waals surface area contributed by atoms with Gasteiger partial charge in [0.1, 0.15) is 6.04 Å². The highest BCUT2D eigenvalue weighted by molar-refractivity contribution is 7.98. The molecule has 0 saturated carbocycles. The summed E-state index contributed by atoms with van der Waals surface area (Å²) in [6.45, 7) is 1.94. The smallest absolute Gasteiger partial charge is 0.253 e. The number of hydrogen-bond donors (Lipinski definition) is 2. The van der Waals surface area contributed by atoms with Gasteiger partial charge in [-0.25, -0.2) is 4.98 Å². The zero-order valence-electron chi connectivity index (χ0n) is 15.8. The van der Waals surface area contributed by atoms with E-state index < -0.39 is 11.9 Å². The molecule has 0 bridgehead atoms. The Labute approximate surface area is 187 Å². The number of aryl methyl sites for hydroxylation is 1. The summed E-state index contributed by atoms with van der Waals surface area (Å²) in [5.74, 6) is 0.0271. The minimum Gasteiger partial charge on any atom is -0.340 e. The number of carbonyl (C=O) groups excluding carboxylic acids is 2. The molecule has 1 heterocycles. The van der Waals surface area contributed by atoms with Crippen LogP contribution >= 0.6 is 46.3 Å². The lowest BCUT2D eigenvalue weighted by atomic mass is 10.1. The number of benzene rings is 2. The van der Waals surface area contributed by atoms with E-state index in [9.17, 15) is 9.59 Å². The molecule has 2 N–H and O–H groups in total. The molecular formula is C20H19Cl2N3O2S2. The molecule has 0 aliphatic heterocycles. The zero-order valence-corrected chi connectivity index (χ0v) is 18.9. The molecule has 2 aromatic carbocycles. The summed E-state index contributed by atoms with van der Waals surface area (Å²) in [6.07, 6.45) is 2.44. The number of halogens is 2. The van der Waals surface area contributed by atoms with Gasteiger partial charge in [-0.15, -0.1) is 11.3 Å². The van der Waals surface area contributed by atoms with Crippen molar-refractivity contribution < 1.29 is 9.59 Å². The van der Waals surface area contributed by atoms with Crippen molar-refractivity contribution >= 4 is 74.0 Å². The Morgan fingerprint density at radius 2 is 2.00 bits per heavy atom. The number of thioether (sulfide) groups is 1. The molecule has 152 valence electrons. The first-order valence-electron chi connectivity index (χ1n) is 8.80. The minimum absolute atomic E-state index is 0.241. The molecule has 0 aliphatic rings. The van der Waals surface area contributed by atoms with E-state index in [0.29, 0.717) is 17.1 Å². The first-order valence-corrected chi connectivity index (χ1v) is 11.8. The van der Waals surface area contributed by atoms with Gasteiger partial charge in [0, 0.05) is 10.7 Å². The molecule has 0 radical (unpaired) electrons. The highest BCUT2D eigenvalue weighted by Crippen LogP contribution is 2.25. The molecule has 1 aromatic heterocycles. The van der Waals surface area contributed by atoms with Gasteiger partial charge >= 0.3 is 0 Å². The van der Waals surface area contributed by atoms with E-state index in [-0.39, 0.29) is 16.5 Å². The van der Waals surface area contributed by atoms with Crippen LogP contribution in [0, 0.1) is 6.92 Å². The fraction of sp³-hybridized carbons (Fsp3) is 0.250. The van der Waals surface area contributed by atoms with Crippen LogP contribution in [-0.4, -0.2) is 34.8 Å². The van der Waals surface area contributed by atoms with Crippen molar-refractivity contribution in [3.63, 3.8) is 0 Å². The molecule has 0 saturated heterocycles. The number of carbonyl (C=O) groups is 2. The lowest BCUT2D eigenvalue weighted by Gasteiger charge is -2.18. The maximum Gasteiger partial charge on any atom is 0.253 e. The molecular weight excluding hydrogens is 449 g/mol. The lowest BCUT2D eigenvalue weighted by molar-refractivity contribution is -0.118. The van der Waals surface area contributed by atoms with Crippen LogP contribution in [0.4, 0.5) is 5.69 Å². The van der Waals surface area contributed by atoms with E-state index in [0.717, 1.165) is 21.0 Å². The Hall–Kier alpha value is -1.80. The van der Waals surface area contributed by atoms with Crippen molar-refractivity contribution in [1.29, 1.82) is 0 Å². The molecule has 9 heteroatoms. The molecule has 0 fully saturated rings. The SMILES string of the molecule is CSCCC(NC(=O)c1ccc(Cl)cc1Cl)C(=O)Nc1ccc2nc(C)sc2c1. The predicted octanol–water partition coefficient (Wildman–Crippen LogP) is 5.40. The molecule has 3 rings (SSSR count). The van der Waals surface area contributed by atoms with Crippen LogP contribution in [-0.2, 0) is 4.79 Å². The van der Waals surface area contributed by atoms with Crippen LogP contribution < -0.4 is 10.6 Å². The standard InChI is InChI=1S/C20H19Cl2N3O2S2/c1-11-23-16-6-4-13(10-18(16)29-11)24-20(27)17(7-8-28-2)25-19(26)14-5-3-12(21)9-15(14)22/h3-6,9-10,17H,7-8H2,1-2H3,(H,24,27)(H,25,26). The summed E-state index contributed by atoms with van der Waals surface area (Å²) in [5.41, 5.74) is 1.84. The number of anilines is 1. The predicted molar refractivity (Wildman–Crippen MR) is 124 cm³/mol. The third-order valence-corrected chi connectivity index (χ3v) is 6.30. The van der Waals surface area contributed by atoms with Crippen LogP contribution in [0.3, 0.4) is 0 Å². The average Bonchev–Trinajstić information content (AvgIpc) is 3.04. The van der Waals surface area contributed by atoms with Crippen molar-refractivity contribution in [1.82, 2.24) is 10.3 Å². The Morgan fingerprint density at radius 1 is 1.21 bits per heavy atom. The van der Waals surface area contributed by atoms with Gasteiger partial charge < -0.3 is 10.6 Å². The van der Waals surface area contributed by atoms with E-state index in [1.54, 1.807) is 35.2 Å². The van der Waals surface area contributed by atoms with E-state index in [2.05, 4.69) is 15.6 Å². The number of thiazole rings is 1. The number of nitrogens with one attached hydrogen (secondary N) is 2. The van der Waals surface area contributed by atoms with Gasteiger partial charge in [0.05, 0.1) is 25.8 Å². The fourth-order valence-electron chi connectivity index (χ4n) is 2.76. The topological polar surface area (TPSA) is 71.1 Å². The molecule has 29 heavy (non-hydrogen) atoms. The van der Waals surface area contributed by atoms with Gasteiger partial charge in [-0.3, -0.25) is 9.59 Å². The normalized spacial score (nSPS) is 12.0. The van der Waals surface area contributed by atoms with Gasteiger partial charge in [-0.2, -0.15) is 11.8 Å². The highest BCUT2D eigenvalue weighted by Gasteiger charge is 2.22. The van der Waals surface area contributed by atoms with Crippen molar-refractivity contribution in [2.45, 2.75) is 19.4 Å². The number of aromatic nitrogens is 1. The molecule has 5 nitrogen and oxygen atoms in total. The van der Waals surface area contributed by atoms with E-state index in [4.69, 9.17) is 23.2 Å². The van der Waals surface area contributed by atoms with Gasteiger partial charge in [-0.05, 0) is 61.8 Å². The lowest BCUT2D eigenvalue weighted by Crippen LogP contribution is -2.44. The highest BCUT2D eigenvalue weighted by atomic mass is 35.5. The second-order valence-corrected chi connectivity index (χ2v) is 9.40. The molecule has 3 aromatic rings. The Morgan fingerprint density at radius 3 is 2.72 bits per heavy atom. The largest absolute Gasteiger partial charge is 0.340 e. The van der Waals surface area contributed by atoms with E-state index >= 15 is 0 Å². The molecule has 2 amide bonds. The van der Waals surface area contributed by atoms with Crippen LogP contribution in [0.2, 0.25) is 10.0 Å². The van der Waals surface area contributed by atoms with Gasteiger partial charge in [0.25, 0.3) is 5.91 Å². The minimum atomic E-state index is -0.694. The van der Waals surface area contributed by atoms with Crippen molar-refractivity contribution in [2.24, 2.45) is 0 Å². The maximum absolute atomic E-state index is 12.9. The van der Waals surface area contributed by atoms with Crippen LogP contribution in [0.5, 0.6) is 0 Å². The third-order valence-electron chi connectivity index (χ3n) is 4.17. The van der Waals surface area contributed by atoms with Crippen molar-refractivity contribution in [3.8, 4) is 0 Å². The molecule has 0 spiro atoms. The first-order chi connectivity index (χ1) is 13.9. The molecule has 1 atom stereocenters. The summed E-state index contributed by atoms with van der Waals surface area (Å²) >= 11 is 15.2. The van der Waals surface area contributed by atoms with E-state index in [1.165, 1.54) is 6.07 Å². The van der Waals surface area contributed by atoms with Gasteiger partial charge in [0.15, 0.2) is 0 Å². The monoisotopic (exact) mass is 467 g/mol. The summed E-state index contributed by atoms with van der Waals surface area (Å²) < 4.78 is 0.998. The average molecular weight is 468 g/mol. The summed E-state index contributed by atoms with van der Waals surface area (Å²) in [6, 6.07) is 9.51. The maximum atomic E-state index is 12.9. The fourth-order valence-corrected chi connectivity index (χ4v) is 4.59. The number of amides is 2. The summed E-state index contributed by atoms with van der Waals surface area (Å²) in [4.78, 5) is 29.9. The number of fused-ring (bicyclic) bond motifs is 1. The van der Waals surface area contributed by atoms with Crippen molar-refractivity contribution in [2.75, 3.05) is 17.3 Å². The second-order valence-electron chi connectivity index (χ2n) is 6.34. The third kappa shape index (κ3) is 5.63. The number of nitrogens with zero attached hydrogens (tertiary/aromatic N) is 1. The quantitative estimate of drug-likeness (QED) is 0.487. The summed E-state index contributed by atoms with van der Waals surface area (Å²) in [7, 11) is 0. The number of hydrogen-bond acceptors (Lipinski definition) is 5. The second kappa shape index (κ2) is 9.80. The van der Waals surface area contributed by atoms with Crippen LogP contribution in [0.15, 0.2) is 36.4 Å². The van der Waals surface area contributed by atoms with Crippen molar-refractivity contribution in [3.05, 3.63) is 57.0 Å².